The van der Waals surface area contributed by atoms with Crippen molar-refractivity contribution in [3.05, 3.63) is 28.5 Å². The molecule has 1 saturated heterocycles. The van der Waals surface area contributed by atoms with Crippen molar-refractivity contribution in [1.82, 2.24) is 4.90 Å². The number of carbonyl (C=O) groups excluding carboxylic acids is 1. The Morgan fingerprint density at radius 2 is 2.05 bits per heavy atom. The highest BCUT2D eigenvalue weighted by atomic mass is 35.5. The van der Waals surface area contributed by atoms with Crippen LogP contribution in [0.25, 0.3) is 0 Å². The van der Waals surface area contributed by atoms with E-state index in [0.29, 0.717) is 6.54 Å². The molecule has 21 heavy (non-hydrogen) atoms. The lowest BCUT2D eigenvalue weighted by atomic mass is 10.0. The van der Waals surface area contributed by atoms with Crippen LogP contribution in [0, 0.1) is 5.82 Å². The smallest absolute Gasteiger partial charge is 0.255 e. The van der Waals surface area contributed by atoms with Crippen molar-refractivity contribution in [2.75, 3.05) is 6.54 Å². The number of benzene rings is 1. The maximum Gasteiger partial charge on any atom is 0.255 e. The van der Waals surface area contributed by atoms with Crippen molar-refractivity contribution in [1.29, 1.82) is 0 Å². The summed E-state index contributed by atoms with van der Waals surface area (Å²) in [5, 5.41) is 4.82. The zero-order valence-corrected chi connectivity index (χ0v) is 13.3. The largest absolute Gasteiger partial charge is 0.333 e. The summed E-state index contributed by atoms with van der Waals surface area (Å²) in [5.74, 6) is -1.49. The van der Waals surface area contributed by atoms with Gasteiger partial charge in [-0.3, -0.25) is 4.79 Å². The summed E-state index contributed by atoms with van der Waals surface area (Å²) >= 11 is 5.89. The van der Waals surface area contributed by atoms with Gasteiger partial charge < -0.3 is 4.90 Å². The molecule has 5 nitrogen and oxygen atoms in total. The van der Waals surface area contributed by atoms with Gasteiger partial charge in [-0.05, 0) is 38.8 Å². The Kier molecular flexibility index (Phi) is 4.03. The Morgan fingerprint density at radius 1 is 1.43 bits per heavy atom. The minimum Gasteiger partial charge on any atom is -0.333 e. The minimum absolute atomic E-state index is 0.0583. The number of nitrogens with two attached hydrogens (primary N) is 1. The molecule has 1 fully saturated rings. The number of primary sulfonamides is 1. The summed E-state index contributed by atoms with van der Waals surface area (Å²) in [6.07, 6.45) is 1.68. The molecule has 0 atom stereocenters. The summed E-state index contributed by atoms with van der Waals surface area (Å²) in [4.78, 5) is 13.4. The average Bonchev–Trinajstić information content (AvgIpc) is 2.66. The molecule has 0 spiro atoms. The van der Waals surface area contributed by atoms with Crippen LogP contribution in [0.3, 0.4) is 0 Å². The Bertz CT molecular complexity index is 704. The second-order valence-electron chi connectivity index (χ2n) is 5.68. The summed E-state index contributed by atoms with van der Waals surface area (Å²) in [7, 11) is -4.26. The van der Waals surface area contributed by atoms with Gasteiger partial charge in [0.25, 0.3) is 5.91 Å². The first kappa shape index (κ1) is 16.2. The predicted octanol–water partition coefficient (Wildman–Crippen LogP) is 2.14. The Hall–Kier alpha value is -1.18. The first-order valence-corrected chi connectivity index (χ1v) is 8.30. The van der Waals surface area contributed by atoms with E-state index in [1.807, 2.05) is 13.8 Å². The first-order chi connectivity index (χ1) is 9.54. The van der Waals surface area contributed by atoms with Crippen molar-refractivity contribution in [2.24, 2.45) is 5.14 Å². The Morgan fingerprint density at radius 3 is 2.52 bits per heavy atom. The SMILES string of the molecule is CC1(C)CCCN1C(=O)c1cc(S(N)(=O)=O)c(F)cc1Cl. The fourth-order valence-electron chi connectivity index (χ4n) is 2.54. The molecule has 1 aromatic carbocycles. The van der Waals surface area contributed by atoms with E-state index in [2.05, 4.69) is 0 Å². The van der Waals surface area contributed by atoms with Crippen LogP contribution in [0.15, 0.2) is 17.0 Å². The van der Waals surface area contributed by atoms with Gasteiger partial charge in [-0.15, -0.1) is 0 Å². The van der Waals surface area contributed by atoms with Crippen LogP contribution in [-0.2, 0) is 10.0 Å². The van der Waals surface area contributed by atoms with Crippen LogP contribution in [0.2, 0.25) is 5.02 Å². The zero-order chi connectivity index (χ0) is 16.0. The van der Waals surface area contributed by atoms with E-state index in [4.69, 9.17) is 16.7 Å². The molecule has 8 heteroatoms. The number of halogens is 2. The summed E-state index contributed by atoms with van der Waals surface area (Å²) in [6.45, 7) is 4.37. The minimum atomic E-state index is -4.26. The predicted molar refractivity (Wildman–Crippen MR) is 77.1 cm³/mol. The lowest BCUT2D eigenvalue weighted by molar-refractivity contribution is 0.0652. The fourth-order valence-corrected chi connectivity index (χ4v) is 3.38. The molecule has 0 unspecified atom stereocenters. The number of rotatable bonds is 2. The molecule has 0 radical (unpaired) electrons. The van der Waals surface area contributed by atoms with Gasteiger partial charge in [0.2, 0.25) is 10.0 Å². The molecule has 1 heterocycles. The highest BCUT2D eigenvalue weighted by Gasteiger charge is 2.37. The van der Waals surface area contributed by atoms with E-state index in [1.54, 1.807) is 4.90 Å². The highest BCUT2D eigenvalue weighted by Crippen LogP contribution is 2.32. The van der Waals surface area contributed by atoms with Crippen LogP contribution < -0.4 is 5.14 Å². The summed E-state index contributed by atoms with van der Waals surface area (Å²) in [6, 6.07) is 1.71. The lowest BCUT2D eigenvalue weighted by Crippen LogP contribution is -2.42. The van der Waals surface area contributed by atoms with E-state index in [9.17, 15) is 17.6 Å². The third kappa shape index (κ3) is 3.04. The summed E-state index contributed by atoms with van der Waals surface area (Å²) < 4.78 is 36.4. The number of carbonyl (C=O) groups is 1. The van der Waals surface area contributed by atoms with E-state index < -0.39 is 26.6 Å². The molecule has 1 aliphatic rings. The first-order valence-electron chi connectivity index (χ1n) is 6.38. The van der Waals surface area contributed by atoms with E-state index in [1.165, 1.54) is 0 Å². The van der Waals surface area contributed by atoms with Gasteiger partial charge in [-0.25, -0.2) is 17.9 Å². The average molecular weight is 335 g/mol. The second kappa shape index (κ2) is 5.23. The topological polar surface area (TPSA) is 80.5 Å². The zero-order valence-electron chi connectivity index (χ0n) is 11.7. The molecular weight excluding hydrogens is 319 g/mol. The Labute approximate surface area is 127 Å². The van der Waals surface area contributed by atoms with Gasteiger partial charge in [-0.2, -0.15) is 0 Å². The maximum absolute atomic E-state index is 13.7. The lowest BCUT2D eigenvalue weighted by Gasteiger charge is -2.32. The van der Waals surface area contributed by atoms with Crippen LogP contribution in [0.4, 0.5) is 4.39 Å². The van der Waals surface area contributed by atoms with E-state index in [0.717, 1.165) is 25.0 Å². The number of hydrogen-bond donors (Lipinski definition) is 1. The third-order valence-corrected chi connectivity index (χ3v) is 4.94. The van der Waals surface area contributed by atoms with Crippen molar-refractivity contribution < 1.29 is 17.6 Å². The quantitative estimate of drug-likeness (QED) is 0.899. The van der Waals surface area contributed by atoms with Crippen LogP contribution in [0.1, 0.15) is 37.0 Å². The molecule has 1 aromatic rings. The normalized spacial score (nSPS) is 18.0. The van der Waals surface area contributed by atoms with Crippen LogP contribution in [-0.4, -0.2) is 31.3 Å². The van der Waals surface area contributed by atoms with E-state index in [-0.39, 0.29) is 16.1 Å². The van der Waals surface area contributed by atoms with Gasteiger partial charge in [0.1, 0.15) is 10.7 Å². The standard InChI is InChI=1S/C13H16ClFN2O3S/c1-13(2)4-3-5-17(13)12(18)8-6-11(21(16,19)20)10(15)7-9(8)14/h6-7H,3-5H2,1-2H3,(H2,16,19,20). The van der Waals surface area contributed by atoms with Crippen molar-refractivity contribution in [2.45, 2.75) is 37.1 Å². The van der Waals surface area contributed by atoms with Gasteiger partial charge in [0, 0.05) is 12.1 Å². The van der Waals surface area contributed by atoms with Gasteiger partial charge in [-0.1, -0.05) is 11.6 Å². The number of amides is 1. The monoisotopic (exact) mass is 334 g/mol. The third-order valence-electron chi connectivity index (χ3n) is 3.70. The number of nitrogens with zero attached hydrogens (tertiary/aromatic N) is 1. The van der Waals surface area contributed by atoms with E-state index >= 15 is 0 Å². The van der Waals surface area contributed by atoms with Gasteiger partial charge in [0.15, 0.2) is 0 Å². The van der Waals surface area contributed by atoms with Crippen LogP contribution >= 0.6 is 11.6 Å². The van der Waals surface area contributed by atoms with Gasteiger partial charge >= 0.3 is 0 Å². The molecule has 0 saturated carbocycles. The van der Waals surface area contributed by atoms with Crippen molar-refractivity contribution in [3.63, 3.8) is 0 Å². The molecule has 116 valence electrons. The van der Waals surface area contributed by atoms with Gasteiger partial charge in [0.05, 0.1) is 10.6 Å². The fraction of sp³-hybridized carbons (Fsp3) is 0.462. The molecule has 0 aromatic heterocycles. The summed E-state index contributed by atoms with van der Waals surface area (Å²) in [5.41, 5.74) is -0.409. The van der Waals surface area contributed by atoms with Crippen molar-refractivity contribution >= 4 is 27.5 Å². The molecule has 1 amide bonds. The molecule has 0 aliphatic carbocycles. The number of sulfonamides is 1. The molecular formula is C13H16ClFN2O3S. The van der Waals surface area contributed by atoms with Crippen LogP contribution in [0.5, 0.6) is 0 Å². The molecule has 1 aliphatic heterocycles. The number of hydrogen-bond acceptors (Lipinski definition) is 3. The number of likely N-dealkylation sites (tertiary alicyclic amines) is 1. The molecule has 2 N–H and O–H groups in total. The Balaban J connectivity index is 2.52. The second-order valence-corrected chi connectivity index (χ2v) is 7.62. The highest BCUT2D eigenvalue weighted by molar-refractivity contribution is 7.89. The molecule has 0 bridgehead atoms. The molecule has 2 rings (SSSR count). The van der Waals surface area contributed by atoms with Crippen molar-refractivity contribution in [3.8, 4) is 0 Å². The maximum atomic E-state index is 13.7.